The van der Waals surface area contributed by atoms with Gasteiger partial charge in [-0.2, -0.15) is 0 Å². The van der Waals surface area contributed by atoms with Crippen LogP contribution in [0.2, 0.25) is 0 Å². The average molecular weight is 466 g/mol. The first-order valence-corrected chi connectivity index (χ1v) is 10.1. The van der Waals surface area contributed by atoms with E-state index < -0.39 is 11.8 Å². The van der Waals surface area contributed by atoms with E-state index in [0.717, 1.165) is 21.4 Å². The predicted molar refractivity (Wildman–Crippen MR) is 121 cm³/mol. The van der Waals surface area contributed by atoms with Crippen LogP contribution in [0.5, 0.6) is 0 Å². The van der Waals surface area contributed by atoms with Gasteiger partial charge in [0.1, 0.15) is 5.57 Å². The van der Waals surface area contributed by atoms with Crippen LogP contribution in [-0.2, 0) is 9.59 Å². The minimum Gasteiger partial charge on any atom is -0.317 e. The first-order valence-electron chi connectivity index (χ1n) is 8.86. The number of carbonyl (C=O) groups is 2. The van der Waals surface area contributed by atoms with Gasteiger partial charge in [0.25, 0.3) is 11.8 Å². The number of halogens is 1. The van der Waals surface area contributed by atoms with Crippen LogP contribution in [0.3, 0.4) is 0 Å². The van der Waals surface area contributed by atoms with Crippen molar-refractivity contribution >= 4 is 56.8 Å². The van der Waals surface area contributed by atoms with E-state index in [-0.39, 0.29) is 10.7 Å². The maximum atomic E-state index is 13.2. The summed E-state index contributed by atoms with van der Waals surface area (Å²) >= 11 is 8.71. The van der Waals surface area contributed by atoms with Gasteiger partial charge in [-0.3, -0.25) is 19.8 Å². The second-order valence-corrected chi connectivity index (χ2v) is 7.83. The zero-order valence-electron chi connectivity index (χ0n) is 15.4. The number of para-hydroxylation sites is 1. The van der Waals surface area contributed by atoms with E-state index in [2.05, 4.69) is 21.2 Å². The summed E-state index contributed by atoms with van der Waals surface area (Å²) in [5, 5.41) is 2.70. The second kappa shape index (κ2) is 7.77. The summed E-state index contributed by atoms with van der Waals surface area (Å²) in [5.74, 6) is -0.961. The molecule has 1 fully saturated rings. The van der Waals surface area contributed by atoms with E-state index in [0.29, 0.717) is 5.69 Å². The first-order chi connectivity index (χ1) is 14.0. The normalized spacial score (nSPS) is 15.7. The number of hydrogen-bond donors (Lipinski definition) is 1. The van der Waals surface area contributed by atoms with Crippen molar-refractivity contribution in [2.45, 2.75) is 6.92 Å². The topological polar surface area (TPSA) is 54.3 Å². The number of rotatable bonds is 3. The zero-order chi connectivity index (χ0) is 20.5. The Morgan fingerprint density at radius 3 is 2.52 bits per heavy atom. The molecule has 1 aliphatic heterocycles. The van der Waals surface area contributed by atoms with Gasteiger partial charge in [0.15, 0.2) is 5.11 Å². The number of amides is 2. The Kier molecular flexibility index (Phi) is 5.17. The molecule has 4 rings (SSSR count). The van der Waals surface area contributed by atoms with E-state index in [1.54, 1.807) is 12.1 Å². The number of aryl methyl sites for hydroxylation is 1. The van der Waals surface area contributed by atoms with Crippen molar-refractivity contribution < 1.29 is 9.59 Å². The third kappa shape index (κ3) is 3.66. The molecule has 0 bridgehead atoms. The number of anilines is 1. The molecule has 1 aliphatic rings. The summed E-state index contributed by atoms with van der Waals surface area (Å²) in [6.07, 6.45) is 3.47. The van der Waals surface area contributed by atoms with Crippen molar-refractivity contribution in [3.05, 3.63) is 88.2 Å². The minimum absolute atomic E-state index is 0.0248. The third-order valence-corrected chi connectivity index (χ3v) is 5.39. The molecule has 2 aromatic carbocycles. The predicted octanol–water partition coefficient (Wildman–Crippen LogP) is 4.38. The Morgan fingerprint density at radius 1 is 1.03 bits per heavy atom. The highest BCUT2D eigenvalue weighted by molar-refractivity contribution is 9.10. The molecule has 2 amide bonds. The monoisotopic (exact) mass is 465 g/mol. The molecule has 0 aliphatic carbocycles. The number of carbonyl (C=O) groups excluding carboxylic acids is 2. The Hall–Kier alpha value is -3.03. The maximum Gasteiger partial charge on any atom is 0.270 e. The van der Waals surface area contributed by atoms with Gasteiger partial charge in [-0.05, 0) is 73.2 Å². The molecule has 0 atom stereocenters. The summed E-state index contributed by atoms with van der Waals surface area (Å²) in [4.78, 5) is 27.2. The van der Waals surface area contributed by atoms with Crippen molar-refractivity contribution in [2.24, 2.45) is 0 Å². The molecule has 7 heteroatoms. The summed E-state index contributed by atoms with van der Waals surface area (Å²) < 4.78 is 2.81. The van der Waals surface area contributed by atoms with Gasteiger partial charge in [0, 0.05) is 22.1 Å². The molecular formula is C22H16BrN3O2S. The van der Waals surface area contributed by atoms with Crippen molar-refractivity contribution in [3.63, 3.8) is 0 Å². The van der Waals surface area contributed by atoms with Crippen molar-refractivity contribution in [1.82, 2.24) is 9.88 Å². The van der Waals surface area contributed by atoms with E-state index in [1.165, 1.54) is 4.90 Å². The highest BCUT2D eigenvalue weighted by atomic mass is 79.9. The molecule has 0 spiro atoms. The number of aromatic nitrogens is 1. The van der Waals surface area contributed by atoms with Crippen LogP contribution in [0.15, 0.2) is 76.9 Å². The summed E-state index contributed by atoms with van der Waals surface area (Å²) in [5.41, 5.74) is 3.17. The van der Waals surface area contributed by atoms with Crippen LogP contribution in [0, 0.1) is 6.92 Å². The van der Waals surface area contributed by atoms with E-state index in [9.17, 15) is 9.59 Å². The Bertz CT molecular complexity index is 1170. The quantitative estimate of drug-likeness (QED) is 0.354. The van der Waals surface area contributed by atoms with E-state index >= 15 is 0 Å². The van der Waals surface area contributed by atoms with Gasteiger partial charge < -0.3 is 4.57 Å². The highest BCUT2D eigenvalue weighted by Crippen LogP contribution is 2.28. The zero-order valence-corrected chi connectivity index (χ0v) is 17.8. The molecule has 2 heterocycles. The molecule has 29 heavy (non-hydrogen) atoms. The summed E-state index contributed by atoms with van der Waals surface area (Å²) in [6.45, 7) is 1.89. The fourth-order valence-corrected chi connectivity index (χ4v) is 3.98. The van der Waals surface area contributed by atoms with Gasteiger partial charge in [0.05, 0.1) is 5.69 Å². The molecule has 0 unspecified atom stereocenters. The molecule has 1 saturated heterocycles. The van der Waals surface area contributed by atoms with E-state index in [4.69, 9.17) is 12.2 Å². The number of nitrogens with one attached hydrogen (secondary N) is 1. The number of hydrogen-bond acceptors (Lipinski definition) is 3. The summed E-state index contributed by atoms with van der Waals surface area (Å²) in [6, 6.07) is 18.9. The van der Waals surface area contributed by atoms with E-state index in [1.807, 2.05) is 72.3 Å². The lowest BCUT2D eigenvalue weighted by Gasteiger charge is -2.30. The second-order valence-electron chi connectivity index (χ2n) is 6.53. The Labute approximate surface area is 181 Å². The summed E-state index contributed by atoms with van der Waals surface area (Å²) in [7, 11) is 0. The van der Waals surface area contributed by atoms with Gasteiger partial charge >= 0.3 is 0 Å². The Balaban J connectivity index is 1.77. The standard InChI is InChI=1S/C22H16BrN3O2S/c1-14-12-15(23)9-10-19(14)26-21(28)18(20(27)24-22(26)29)13-17-8-5-11-25(17)16-6-3-2-4-7-16/h2-13H,1H3,(H,24,27,29)/b18-13+. The Morgan fingerprint density at radius 2 is 1.79 bits per heavy atom. The fourth-order valence-electron chi connectivity index (χ4n) is 3.23. The van der Waals surface area contributed by atoms with Crippen LogP contribution in [0.1, 0.15) is 11.3 Å². The molecule has 1 N–H and O–H groups in total. The first kappa shape index (κ1) is 19.3. The molecule has 0 radical (unpaired) electrons. The number of thiocarbonyl (C=S) groups is 1. The average Bonchev–Trinajstić information content (AvgIpc) is 3.15. The molecule has 0 saturated carbocycles. The van der Waals surface area contributed by atoms with Crippen molar-refractivity contribution in [2.75, 3.05) is 4.90 Å². The fraction of sp³-hybridized carbons (Fsp3) is 0.0455. The molecule has 3 aromatic rings. The molecule has 5 nitrogen and oxygen atoms in total. The van der Waals surface area contributed by atoms with Gasteiger partial charge in [0.2, 0.25) is 0 Å². The SMILES string of the molecule is Cc1cc(Br)ccc1N1C(=O)/C(=C/c2cccn2-c2ccccc2)C(=O)NC1=S. The smallest absolute Gasteiger partial charge is 0.270 e. The lowest BCUT2D eigenvalue weighted by atomic mass is 10.1. The molecule has 144 valence electrons. The van der Waals surface area contributed by atoms with Crippen molar-refractivity contribution in [1.29, 1.82) is 0 Å². The lowest BCUT2D eigenvalue weighted by molar-refractivity contribution is -0.122. The van der Waals surface area contributed by atoms with Crippen LogP contribution < -0.4 is 10.2 Å². The number of nitrogens with zero attached hydrogens (tertiary/aromatic N) is 2. The minimum atomic E-state index is -0.508. The highest BCUT2D eigenvalue weighted by Gasteiger charge is 2.35. The van der Waals surface area contributed by atoms with Crippen LogP contribution >= 0.6 is 28.1 Å². The van der Waals surface area contributed by atoms with Gasteiger partial charge in [-0.25, -0.2) is 0 Å². The van der Waals surface area contributed by atoms with Crippen LogP contribution in [-0.4, -0.2) is 21.5 Å². The van der Waals surface area contributed by atoms with Crippen molar-refractivity contribution in [3.8, 4) is 5.69 Å². The van der Waals surface area contributed by atoms with Crippen LogP contribution in [0.4, 0.5) is 5.69 Å². The van der Waals surface area contributed by atoms with Gasteiger partial charge in [-0.1, -0.05) is 34.1 Å². The number of benzene rings is 2. The lowest BCUT2D eigenvalue weighted by Crippen LogP contribution is -2.54. The largest absolute Gasteiger partial charge is 0.317 e. The molecule has 1 aromatic heterocycles. The van der Waals surface area contributed by atoms with Crippen LogP contribution in [0.25, 0.3) is 11.8 Å². The third-order valence-electron chi connectivity index (χ3n) is 4.61. The molecular weight excluding hydrogens is 450 g/mol. The maximum absolute atomic E-state index is 13.2. The van der Waals surface area contributed by atoms with Gasteiger partial charge in [-0.15, -0.1) is 0 Å².